The Balaban J connectivity index is 1.79. The summed E-state index contributed by atoms with van der Waals surface area (Å²) in [7, 11) is 2.11. The molecular weight excluding hydrogens is 282 g/mol. The lowest BCUT2D eigenvalue weighted by molar-refractivity contribution is 0.310. The zero-order chi connectivity index (χ0) is 15.1. The van der Waals surface area contributed by atoms with Gasteiger partial charge in [0.1, 0.15) is 0 Å². The van der Waals surface area contributed by atoms with Crippen LogP contribution in [0.15, 0.2) is 36.3 Å². The molecule has 0 spiro atoms. The number of thioether (sulfide) groups is 1. The maximum atomic E-state index is 4.44. The molecule has 0 aromatic carbocycles. The van der Waals surface area contributed by atoms with E-state index in [2.05, 4.69) is 45.3 Å². The smallest absolute Gasteiger partial charge is 0.187 e. The van der Waals surface area contributed by atoms with Gasteiger partial charge in [0.25, 0.3) is 0 Å². The van der Waals surface area contributed by atoms with Crippen molar-refractivity contribution in [3.63, 3.8) is 0 Å². The average Bonchev–Trinajstić information content (AvgIpc) is 3.00. The van der Waals surface area contributed by atoms with Gasteiger partial charge in [-0.3, -0.25) is 0 Å². The maximum absolute atomic E-state index is 4.44. The summed E-state index contributed by atoms with van der Waals surface area (Å²) in [4.78, 5) is 15.2. The molecule has 114 valence electrons. The van der Waals surface area contributed by atoms with E-state index in [1.165, 1.54) is 0 Å². The van der Waals surface area contributed by atoms with Crippen LogP contribution in [-0.4, -0.2) is 43.3 Å². The molecule has 0 aliphatic carbocycles. The molecule has 0 saturated carbocycles. The topological polar surface area (TPSA) is 46.8 Å². The predicted molar refractivity (Wildman–Crippen MR) is 86.2 cm³/mol. The standard InChI is InChI=1S/C15H23N5S/c1-4-13(2)21-15-17-9-14(10-18-15)11-19(3)7-8-20-6-5-16-12-20/h5-6,9-10,12-13H,4,7-8,11H2,1-3H3/t13-/m1/s1. The summed E-state index contributed by atoms with van der Waals surface area (Å²) in [6.07, 6.45) is 10.6. The molecule has 0 unspecified atom stereocenters. The van der Waals surface area contributed by atoms with Gasteiger partial charge in [-0.05, 0) is 13.5 Å². The molecule has 0 bridgehead atoms. The normalized spacial score (nSPS) is 12.8. The molecule has 2 rings (SSSR count). The van der Waals surface area contributed by atoms with Crippen molar-refractivity contribution >= 4 is 11.8 Å². The molecular formula is C15H23N5S. The van der Waals surface area contributed by atoms with Crippen LogP contribution in [0.4, 0.5) is 0 Å². The van der Waals surface area contributed by atoms with E-state index in [0.717, 1.165) is 36.8 Å². The predicted octanol–water partition coefficient (Wildman–Crippen LogP) is 2.70. The third-order valence-electron chi connectivity index (χ3n) is 3.31. The van der Waals surface area contributed by atoms with Crippen molar-refractivity contribution in [2.75, 3.05) is 13.6 Å². The lowest BCUT2D eigenvalue weighted by Crippen LogP contribution is -2.22. The fraction of sp³-hybridized carbons (Fsp3) is 0.533. The Morgan fingerprint density at radius 3 is 2.71 bits per heavy atom. The summed E-state index contributed by atoms with van der Waals surface area (Å²) >= 11 is 1.73. The van der Waals surface area contributed by atoms with Gasteiger partial charge in [-0.2, -0.15) is 0 Å². The van der Waals surface area contributed by atoms with Gasteiger partial charge in [-0.25, -0.2) is 15.0 Å². The van der Waals surface area contributed by atoms with Crippen LogP contribution in [0.25, 0.3) is 0 Å². The number of imidazole rings is 1. The van der Waals surface area contributed by atoms with E-state index < -0.39 is 0 Å². The number of hydrogen-bond acceptors (Lipinski definition) is 5. The van der Waals surface area contributed by atoms with Crippen molar-refractivity contribution in [1.82, 2.24) is 24.4 Å². The Morgan fingerprint density at radius 1 is 1.33 bits per heavy atom. The van der Waals surface area contributed by atoms with Crippen LogP contribution in [0.5, 0.6) is 0 Å². The first-order valence-corrected chi connectivity index (χ1v) is 8.17. The van der Waals surface area contributed by atoms with E-state index >= 15 is 0 Å². The van der Waals surface area contributed by atoms with Crippen molar-refractivity contribution in [3.05, 3.63) is 36.7 Å². The molecule has 5 nitrogen and oxygen atoms in total. The van der Waals surface area contributed by atoms with Crippen LogP contribution in [0.2, 0.25) is 0 Å². The summed E-state index contributed by atoms with van der Waals surface area (Å²) in [6.45, 7) is 7.16. The Morgan fingerprint density at radius 2 is 2.10 bits per heavy atom. The van der Waals surface area contributed by atoms with Gasteiger partial charge in [0, 0.05) is 55.2 Å². The average molecular weight is 305 g/mol. The highest BCUT2D eigenvalue weighted by molar-refractivity contribution is 7.99. The third-order valence-corrected chi connectivity index (χ3v) is 4.47. The van der Waals surface area contributed by atoms with Gasteiger partial charge < -0.3 is 9.47 Å². The first-order valence-electron chi connectivity index (χ1n) is 7.29. The van der Waals surface area contributed by atoms with Crippen molar-refractivity contribution in [3.8, 4) is 0 Å². The highest BCUT2D eigenvalue weighted by Crippen LogP contribution is 2.20. The molecule has 0 radical (unpaired) electrons. The second-order valence-corrected chi connectivity index (χ2v) is 6.65. The summed E-state index contributed by atoms with van der Waals surface area (Å²) in [5.74, 6) is 0. The van der Waals surface area contributed by atoms with Gasteiger partial charge in [0.15, 0.2) is 5.16 Å². The van der Waals surface area contributed by atoms with Crippen LogP contribution in [-0.2, 0) is 13.1 Å². The molecule has 0 aliphatic heterocycles. The minimum Gasteiger partial charge on any atom is -0.336 e. The minimum absolute atomic E-state index is 0.564. The van der Waals surface area contributed by atoms with Crippen LogP contribution in [0, 0.1) is 0 Å². The van der Waals surface area contributed by atoms with E-state index in [1.54, 1.807) is 11.8 Å². The van der Waals surface area contributed by atoms with E-state index in [9.17, 15) is 0 Å². The molecule has 0 fully saturated rings. The Hall–Kier alpha value is -1.40. The lowest BCUT2D eigenvalue weighted by atomic mass is 10.3. The SMILES string of the molecule is CC[C@@H](C)Sc1ncc(CN(C)CCn2ccnc2)cn1. The van der Waals surface area contributed by atoms with Gasteiger partial charge in [0.05, 0.1) is 6.33 Å². The number of rotatable bonds is 8. The summed E-state index contributed by atoms with van der Waals surface area (Å²) in [6, 6.07) is 0. The second kappa shape index (κ2) is 8.14. The first kappa shape index (κ1) is 16.0. The fourth-order valence-corrected chi connectivity index (χ4v) is 2.60. The molecule has 1 atom stereocenters. The summed E-state index contributed by atoms with van der Waals surface area (Å²) in [5.41, 5.74) is 1.15. The van der Waals surface area contributed by atoms with E-state index in [1.807, 2.05) is 31.1 Å². The van der Waals surface area contributed by atoms with Gasteiger partial charge in [-0.15, -0.1) is 0 Å². The minimum atomic E-state index is 0.564. The first-order chi connectivity index (χ1) is 10.2. The molecule has 0 amide bonds. The van der Waals surface area contributed by atoms with Crippen LogP contribution < -0.4 is 0 Å². The number of hydrogen-bond donors (Lipinski definition) is 0. The van der Waals surface area contributed by atoms with Gasteiger partial charge >= 0.3 is 0 Å². The van der Waals surface area contributed by atoms with Crippen molar-refractivity contribution in [1.29, 1.82) is 0 Å². The van der Waals surface area contributed by atoms with Crippen LogP contribution in [0.3, 0.4) is 0 Å². The van der Waals surface area contributed by atoms with Gasteiger partial charge in [0.2, 0.25) is 0 Å². The third kappa shape index (κ3) is 5.47. The molecule has 0 N–H and O–H groups in total. The summed E-state index contributed by atoms with van der Waals surface area (Å²) in [5, 5.41) is 1.43. The van der Waals surface area contributed by atoms with Crippen LogP contribution in [0.1, 0.15) is 25.8 Å². The largest absolute Gasteiger partial charge is 0.336 e. The van der Waals surface area contributed by atoms with Crippen LogP contribution >= 0.6 is 11.8 Å². The Kier molecular flexibility index (Phi) is 6.20. The second-order valence-electron chi connectivity index (χ2n) is 5.25. The number of nitrogens with zero attached hydrogens (tertiary/aromatic N) is 5. The molecule has 21 heavy (non-hydrogen) atoms. The summed E-state index contributed by atoms with van der Waals surface area (Å²) < 4.78 is 2.08. The van der Waals surface area contributed by atoms with E-state index in [-0.39, 0.29) is 0 Å². The van der Waals surface area contributed by atoms with E-state index in [4.69, 9.17) is 0 Å². The van der Waals surface area contributed by atoms with Crippen molar-refractivity contribution in [2.45, 2.75) is 43.8 Å². The quantitative estimate of drug-likeness (QED) is 0.554. The molecule has 2 heterocycles. The monoisotopic (exact) mass is 305 g/mol. The van der Waals surface area contributed by atoms with Crippen molar-refractivity contribution < 1.29 is 0 Å². The lowest BCUT2D eigenvalue weighted by Gasteiger charge is -2.16. The van der Waals surface area contributed by atoms with Crippen molar-refractivity contribution in [2.24, 2.45) is 0 Å². The highest BCUT2D eigenvalue weighted by Gasteiger charge is 2.06. The fourth-order valence-electron chi connectivity index (χ4n) is 1.84. The zero-order valence-corrected chi connectivity index (χ0v) is 13.8. The molecule has 6 heteroatoms. The number of aromatic nitrogens is 4. The molecule has 2 aromatic heterocycles. The van der Waals surface area contributed by atoms with E-state index in [0.29, 0.717) is 5.25 Å². The zero-order valence-electron chi connectivity index (χ0n) is 12.9. The molecule has 0 aliphatic rings. The highest BCUT2D eigenvalue weighted by atomic mass is 32.2. The molecule has 2 aromatic rings. The van der Waals surface area contributed by atoms with Gasteiger partial charge in [-0.1, -0.05) is 25.6 Å². The Bertz CT molecular complexity index is 511. The maximum Gasteiger partial charge on any atom is 0.187 e. The Labute approximate surface area is 130 Å². The molecule has 0 saturated heterocycles. The number of likely N-dealkylation sites (N-methyl/N-ethyl adjacent to an activating group) is 1.